The van der Waals surface area contributed by atoms with Crippen molar-refractivity contribution in [2.45, 2.75) is 31.7 Å². The van der Waals surface area contributed by atoms with Crippen molar-refractivity contribution in [3.05, 3.63) is 41.6 Å². The molecule has 1 fully saturated rings. The van der Waals surface area contributed by atoms with Crippen LogP contribution in [-0.2, 0) is 35.8 Å². The molecule has 2 aliphatic heterocycles. The molecule has 2 aromatic heterocycles. The highest BCUT2D eigenvalue weighted by atomic mass is 16.5. The molecule has 138 valence electrons. The zero-order chi connectivity index (χ0) is 17.9. The summed E-state index contributed by atoms with van der Waals surface area (Å²) in [5.74, 6) is 1.08. The van der Waals surface area contributed by atoms with E-state index in [1.165, 1.54) is 0 Å². The maximum Gasteiger partial charge on any atom is 0.227 e. The molecule has 4 heterocycles. The number of ether oxygens (including phenoxy) is 1. The lowest BCUT2D eigenvalue weighted by Gasteiger charge is -2.20. The molecule has 7 nitrogen and oxygen atoms in total. The third-order valence-electron chi connectivity index (χ3n) is 5.16. The number of nitrogens with zero attached hydrogens (tertiary/aromatic N) is 4. The van der Waals surface area contributed by atoms with Crippen LogP contribution in [0.2, 0.25) is 0 Å². The van der Waals surface area contributed by atoms with Gasteiger partial charge in [-0.25, -0.2) is 9.97 Å². The number of amides is 1. The van der Waals surface area contributed by atoms with Crippen LogP contribution in [0.15, 0.2) is 24.8 Å². The number of nitrogens with one attached hydrogen (secondary N) is 1. The van der Waals surface area contributed by atoms with Gasteiger partial charge in [-0.2, -0.15) is 0 Å². The van der Waals surface area contributed by atoms with Gasteiger partial charge in [-0.15, -0.1) is 0 Å². The molecule has 0 aromatic carbocycles. The summed E-state index contributed by atoms with van der Waals surface area (Å²) in [5, 5.41) is 3.50. The van der Waals surface area contributed by atoms with Gasteiger partial charge in [0.1, 0.15) is 12.1 Å². The number of rotatable bonds is 4. The molecule has 1 saturated heterocycles. The Balaban J connectivity index is 1.44. The van der Waals surface area contributed by atoms with Crippen molar-refractivity contribution in [2.75, 3.05) is 31.6 Å². The second kappa shape index (κ2) is 7.45. The Morgan fingerprint density at radius 1 is 1.35 bits per heavy atom. The number of aromatic nitrogens is 3. The van der Waals surface area contributed by atoms with E-state index in [1.807, 2.05) is 35.0 Å². The van der Waals surface area contributed by atoms with E-state index in [4.69, 9.17) is 4.74 Å². The van der Waals surface area contributed by atoms with Gasteiger partial charge in [0.2, 0.25) is 5.91 Å². The number of carbonyl (C=O) groups is 1. The van der Waals surface area contributed by atoms with E-state index < -0.39 is 0 Å². The van der Waals surface area contributed by atoms with Crippen molar-refractivity contribution in [3.8, 4) is 0 Å². The number of hydrogen-bond acceptors (Lipinski definition) is 5. The first-order chi connectivity index (χ1) is 12.7. The third-order valence-corrected chi connectivity index (χ3v) is 5.16. The lowest BCUT2D eigenvalue weighted by molar-refractivity contribution is -0.130. The average molecular weight is 355 g/mol. The van der Waals surface area contributed by atoms with Gasteiger partial charge in [-0.1, -0.05) is 0 Å². The van der Waals surface area contributed by atoms with Crippen molar-refractivity contribution >= 4 is 11.7 Å². The van der Waals surface area contributed by atoms with E-state index in [2.05, 4.69) is 15.3 Å². The highest BCUT2D eigenvalue weighted by Gasteiger charge is 2.24. The standard InChI is InChI=1S/C19H25N5O2/c1-23-6-2-14(11-23)10-18(25)24-7-3-16-17(4-8-24)20-13-21-19(16)22-15-5-9-26-12-15/h2,6,11,13,15H,3-5,7-10,12H2,1H3,(H,20,21,22). The zero-order valence-electron chi connectivity index (χ0n) is 15.1. The lowest BCUT2D eigenvalue weighted by atomic mass is 10.1. The quantitative estimate of drug-likeness (QED) is 0.892. The van der Waals surface area contributed by atoms with Gasteiger partial charge in [-0.05, 0) is 24.5 Å². The first kappa shape index (κ1) is 17.0. The highest BCUT2D eigenvalue weighted by Crippen LogP contribution is 2.22. The third kappa shape index (κ3) is 3.72. The Labute approximate surface area is 153 Å². The summed E-state index contributed by atoms with van der Waals surface area (Å²) >= 11 is 0. The number of anilines is 1. The van der Waals surface area contributed by atoms with Crippen molar-refractivity contribution in [3.63, 3.8) is 0 Å². The Kier molecular flexibility index (Phi) is 4.88. The van der Waals surface area contributed by atoms with Crippen LogP contribution < -0.4 is 5.32 Å². The molecule has 1 atom stereocenters. The fourth-order valence-electron chi connectivity index (χ4n) is 3.69. The van der Waals surface area contributed by atoms with Crippen LogP contribution >= 0.6 is 0 Å². The molecule has 7 heteroatoms. The summed E-state index contributed by atoms with van der Waals surface area (Å²) in [5.41, 5.74) is 3.26. The zero-order valence-corrected chi connectivity index (χ0v) is 15.1. The molecular weight excluding hydrogens is 330 g/mol. The smallest absolute Gasteiger partial charge is 0.227 e. The molecule has 0 bridgehead atoms. The molecule has 0 spiro atoms. The summed E-state index contributed by atoms with van der Waals surface area (Å²) in [7, 11) is 1.97. The normalized spacial score (nSPS) is 19.9. The maximum absolute atomic E-state index is 12.7. The van der Waals surface area contributed by atoms with Crippen LogP contribution in [0.5, 0.6) is 0 Å². The van der Waals surface area contributed by atoms with Crippen LogP contribution in [-0.4, -0.2) is 57.7 Å². The Morgan fingerprint density at radius 3 is 3.00 bits per heavy atom. The Bertz CT molecular complexity index is 782. The first-order valence-electron chi connectivity index (χ1n) is 9.24. The number of fused-ring (bicyclic) bond motifs is 1. The van der Waals surface area contributed by atoms with E-state index >= 15 is 0 Å². The molecular formula is C19H25N5O2. The molecule has 0 saturated carbocycles. The van der Waals surface area contributed by atoms with Gasteiger partial charge in [0.25, 0.3) is 0 Å². The number of aryl methyl sites for hydroxylation is 1. The fraction of sp³-hybridized carbons (Fsp3) is 0.526. The minimum absolute atomic E-state index is 0.177. The monoisotopic (exact) mass is 355 g/mol. The summed E-state index contributed by atoms with van der Waals surface area (Å²) in [4.78, 5) is 23.6. The second-order valence-electron chi connectivity index (χ2n) is 7.10. The molecule has 1 unspecified atom stereocenters. The van der Waals surface area contributed by atoms with Gasteiger partial charge >= 0.3 is 0 Å². The Morgan fingerprint density at radius 2 is 2.23 bits per heavy atom. The predicted octanol–water partition coefficient (Wildman–Crippen LogP) is 1.19. The van der Waals surface area contributed by atoms with Crippen molar-refractivity contribution in [1.82, 2.24) is 19.4 Å². The van der Waals surface area contributed by atoms with Gasteiger partial charge in [0, 0.05) is 51.1 Å². The number of hydrogen-bond donors (Lipinski definition) is 1. The molecule has 2 aliphatic rings. The van der Waals surface area contributed by atoms with E-state index in [-0.39, 0.29) is 5.91 Å². The van der Waals surface area contributed by atoms with Crippen LogP contribution in [0.3, 0.4) is 0 Å². The summed E-state index contributed by atoms with van der Waals surface area (Å²) in [6.07, 6.45) is 8.61. The molecule has 0 aliphatic carbocycles. The molecule has 4 rings (SSSR count). The van der Waals surface area contributed by atoms with Crippen molar-refractivity contribution < 1.29 is 9.53 Å². The summed E-state index contributed by atoms with van der Waals surface area (Å²) in [6.45, 7) is 2.94. The molecule has 1 N–H and O–H groups in total. The largest absolute Gasteiger partial charge is 0.379 e. The van der Waals surface area contributed by atoms with E-state index in [9.17, 15) is 4.79 Å². The van der Waals surface area contributed by atoms with Crippen LogP contribution in [0.4, 0.5) is 5.82 Å². The SMILES string of the molecule is Cn1ccc(CC(=O)N2CCc3ncnc(NC4CCOC4)c3CC2)c1. The van der Waals surface area contributed by atoms with E-state index in [1.54, 1.807) is 6.33 Å². The lowest BCUT2D eigenvalue weighted by Crippen LogP contribution is -2.34. The van der Waals surface area contributed by atoms with E-state index in [0.29, 0.717) is 25.6 Å². The second-order valence-corrected chi connectivity index (χ2v) is 7.10. The van der Waals surface area contributed by atoms with E-state index in [0.717, 1.165) is 55.1 Å². The van der Waals surface area contributed by atoms with Crippen LogP contribution in [0.25, 0.3) is 0 Å². The van der Waals surface area contributed by atoms with Gasteiger partial charge in [-0.3, -0.25) is 4.79 Å². The van der Waals surface area contributed by atoms with Crippen LogP contribution in [0, 0.1) is 0 Å². The first-order valence-corrected chi connectivity index (χ1v) is 9.24. The molecule has 0 radical (unpaired) electrons. The highest BCUT2D eigenvalue weighted by molar-refractivity contribution is 5.79. The molecule has 1 amide bonds. The topological polar surface area (TPSA) is 72.3 Å². The molecule has 26 heavy (non-hydrogen) atoms. The molecule has 2 aromatic rings. The predicted molar refractivity (Wildman–Crippen MR) is 98.0 cm³/mol. The maximum atomic E-state index is 12.7. The minimum Gasteiger partial charge on any atom is -0.379 e. The summed E-state index contributed by atoms with van der Waals surface area (Å²) < 4.78 is 7.42. The summed E-state index contributed by atoms with van der Waals surface area (Å²) in [6, 6.07) is 2.31. The van der Waals surface area contributed by atoms with Gasteiger partial charge in [0.05, 0.1) is 24.8 Å². The Hall–Kier alpha value is -2.41. The van der Waals surface area contributed by atoms with Crippen molar-refractivity contribution in [2.24, 2.45) is 7.05 Å². The van der Waals surface area contributed by atoms with Crippen LogP contribution in [0.1, 0.15) is 23.2 Å². The fourth-order valence-corrected chi connectivity index (χ4v) is 3.69. The number of carbonyl (C=O) groups excluding carboxylic acids is 1. The minimum atomic E-state index is 0.177. The van der Waals surface area contributed by atoms with Crippen molar-refractivity contribution in [1.29, 1.82) is 0 Å². The van der Waals surface area contributed by atoms with Gasteiger partial charge < -0.3 is 19.5 Å². The average Bonchev–Trinajstić information content (AvgIpc) is 3.22. The van der Waals surface area contributed by atoms with Gasteiger partial charge in [0.15, 0.2) is 0 Å².